The molecule has 2 aliphatic heterocycles. The highest BCUT2D eigenvalue weighted by Crippen LogP contribution is 2.46. The van der Waals surface area contributed by atoms with Gasteiger partial charge < -0.3 is 25.0 Å². The Kier molecular flexibility index (Phi) is 11.7. The number of benzene rings is 1. The van der Waals surface area contributed by atoms with Crippen LogP contribution < -0.4 is 20.1 Å². The lowest BCUT2D eigenvalue weighted by Gasteiger charge is -2.29. The lowest BCUT2D eigenvalue weighted by molar-refractivity contribution is -0.141. The van der Waals surface area contributed by atoms with Crippen LogP contribution in [0.15, 0.2) is 48.0 Å². The van der Waals surface area contributed by atoms with Gasteiger partial charge in [-0.2, -0.15) is 9.90 Å². The Bertz CT molecular complexity index is 2060. The van der Waals surface area contributed by atoms with Crippen LogP contribution in [0.3, 0.4) is 0 Å². The van der Waals surface area contributed by atoms with E-state index in [1.807, 2.05) is 29.7 Å². The first-order valence-electron chi connectivity index (χ1n) is 18.9. The molecule has 3 aromatic rings. The van der Waals surface area contributed by atoms with Gasteiger partial charge in [-0.15, -0.1) is 16.4 Å². The number of alkyl carbamates (subject to hydrolysis) is 1. The van der Waals surface area contributed by atoms with Crippen LogP contribution in [0, 0.1) is 5.92 Å². The number of amides is 4. The van der Waals surface area contributed by atoms with Crippen molar-refractivity contribution in [3.8, 4) is 27.7 Å². The maximum atomic E-state index is 14.5. The van der Waals surface area contributed by atoms with Crippen molar-refractivity contribution in [3.05, 3.63) is 48.0 Å². The third kappa shape index (κ3) is 8.57. The zero-order valence-corrected chi connectivity index (χ0v) is 32.5. The maximum absolute atomic E-state index is 14.5. The molecule has 2 aliphatic carbocycles. The van der Waals surface area contributed by atoms with Crippen LogP contribution in [0.5, 0.6) is 5.75 Å². The van der Waals surface area contributed by atoms with Crippen molar-refractivity contribution in [3.63, 3.8) is 0 Å². The van der Waals surface area contributed by atoms with E-state index in [0.717, 1.165) is 18.4 Å². The van der Waals surface area contributed by atoms with Crippen LogP contribution in [-0.4, -0.2) is 107 Å². The second kappa shape index (κ2) is 16.7. The van der Waals surface area contributed by atoms with Gasteiger partial charge >= 0.3 is 6.09 Å². The molecule has 0 unspecified atom stereocenters. The number of carbonyl (C=O) groups is 4. The fourth-order valence-electron chi connectivity index (χ4n) is 7.26. The Balaban J connectivity index is 1.22. The zero-order chi connectivity index (χ0) is 39.5. The number of rotatable bonds is 11. The largest absolute Gasteiger partial charge is 0.497 e. The normalized spacial score (nSPS) is 26.1. The van der Waals surface area contributed by atoms with E-state index in [1.54, 1.807) is 25.4 Å². The third-order valence-electron chi connectivity index (χ3n) is 10.6. The molecule has 0 bridgehead atoms. The summed E-state index contributed by atoms with van der Waals surface area (Å²) in [6.07, 6.45) is 8.64. The number of hydrogen-bond acceptors (Lipinski definition) is 12. The average Bonchev–Trinajstić information content (AvgIpc) is 3.94. The van der Waals surface area contributed by atoms with Gasteiger partial charge in [-0.3, -0.25) is 23.5 Å². The zero-order valence-electron chi connectivity index (χ0n) is 30.9. The minimum absolute atomic E-state index is 0.00619. The highest BCUT2D eigenvalue weighted by Gasteiger charge is 2.62. The topological polar surface area (TPSA) is 204 Å². The highest BCUT2D eigenvalue weighted by atomic mass is 32.2. The standard InChI is InChI=1S/C37H45FN8O8S2/c1-53-26-12-10-23(11-13-26)30-31(33-39-17-19-55-33)43-46(42-30)25-20-29-32(47)41-37(35(49)44-56(51,52)27-14-15-27)21-24(37)8-5-3-2-4-6-9-28(34(48)45(29)22-25)40-36(50)54-18-7-16-38/h5,8,10-13,17,19,24-25,27-29H,2-4,6-7,9,14-16,18,20-22H2,1H3,(H,40,50)(H,41,47)(H,44,49)/b8-5+/t24-,25-,28-,29+,37-/m1/s1. The molecule has 2 saturated carbocycles. The molecule has 4 amide bonds. The summed E-state index contributed by atoms with van der Waals surface area (Å²) in [6, 6.07) is 4.42. The first-order valence-corrected chi connectivity index (χ1v) is 21.3. The number of sulfonamides is 1. The van der Waals surface area contributed by atoms with Crippen molar-refractivity contribution in [2.24, 2.45) is 5.92 Å². The first kappa shape index (κ1) is 39.3. The Hall–Kier alpha value is -4.91. The smallest absolute Gasteiger partial charge is 0.407 e. The molecular weight excluding hydrogens is 768 g/mol. The van der Waals surface area contributed by atoms with Crippen LogP contribution in [0.1, 0.15) is 70.3 Å². The van der Waals surface area contributed by atoms with Gasteiger partial charge in [0.15, 0.2) is 0 Å². The van der Waals surface area contributed by atoms with Gasteiger partial charge in [0.25, 0.3) is 5.91 Å². The summed E-state index contributed by atoms with van der Waals surface area (Å²) in [6.45, 7) is -0.870. The van der Waals surface area contributed by atoms with Crippen molar-refractivity contribution in [2.45, 2.75) is 93.1 Å². The van der Waals surface area contributed by atoms with E-state index in [4.69, 9.17) is 19.7 Å². The Morgan fingerprint density at radius 2 is 1.88 bits per heavy atom. The number of methoxy groups -OCH3 is 1. The number of aromatic nitrogens is 4. The molecule has 300 valence electrons. The van der Waals surface area contributed by atoms with Crippen LogP contribution >= 0.6 is 11.3 Å². The minimum Gasteiger partial charge on any atom is -0.497 e. The van der Waals surface area contributed by atoms with E-state index in [-0.39, 0.29) is 38.8 Å². The quantitative estimate of drug-likeness (QED) is 0.188. The summed E-state index contributed by atoms with van der Waals surface area (Å²) in [5.41, 5.74) is 0.227. The van der Waals surface area contributed by atoms with Crippen LogP contribution in [0.4, 0.5) is 9.18 Å². The van der Waals surface area contributed by atoms with Gasteiger partial charge in [0.2, 0.25) is 21.8 Å². The molecule has 16 nitrogen and oxygen atoms in total. The number of hydrogen-bond donors (Lipinski definition) is 3. The molecule has 3 N–H and O–H groups in total. The van der Waals surface area contributed by atoms with Crippen molar-refractivity contribution >= 4 is 45.2 Å². The lowest BCUT2D eigenvalue weighted by Crippen LogP contribution is -2.58. The third-order valence-corrected chi connectivity index (χ3v) is 13.2. The molecule has 4 aliphatic rings. The van der Waals surface area contributed by atoms with Gasteiger partial charge in [0.1, 0.15) is 39.8 Å². The number of nitrogens with zero attached hydrogens (tertiary/aromatic N) is 5. The van der Waals surface area contributed by atoms with Gasteiger partial charge in [-0.25, -0.2) is 18.2 Å². The van der Waals surface area contributed by atoms with Crippen molar-refractivity contribution in [1.82, 2.24) is 40.2 Å². The van der Waals surface area contributed by atoms with Gasteiger partial charge in [-0.05, 0) is 62.8 Å². The average molecular weight is 813 g/mol. The molecule has 56 heavy (non-hydrogen) atoms. The van der Waals surface area contributed by atoms with Crippen LogP contribution in [0.2, 0.25) is 0 Å². The number of nitrogens with one attached hydrogen (secondary N) is 3. The predicted octanol–water partition coefficient (Wildman–Crippen LogP) is 3.68. The molecule has 2 aromatic heterocycles. The second-order valence-corrected chi connectivity index (χ2v) is 17.4. The van der Waals surface area contributed by atoms with E-state index in [0.29, 0.717) is 47.8 Å². The number of alkyl halides is 1. The van der Waals surface area contributed by atoms with Gasteiger partial charge in [0, 0.05) is 42.4 Å². The molecule has 0 radical (unpaired) electrons. The summed E-state index contributed by atoms with van der Waals surface area (Å²) < 4.78 is 51.1. The van der Waals surface area contributed by atoms with Crippen molar-refractivity contribution in [1.29, 1.82) is 0 Å². The van der Waals surface area contributed by atoms with Crippen LogP contribution in [0.25, 0.3) is 22.0 Å². The van der Waals surface area contributed by atoms with E-state index in [1.165, 1.54) is 21.0 Å². The van der Waals surface area contributed by atoms with Gasteiger partial charge in [-0.1, -0.05) is 25.0 Å². The number of fused-ring (bicyclic) bond motifs is 2. The molecule has 3 fully saturated rings. The monoisotopic (exact) mass is 812 g/mol. The summed E-state index contributed by atoms with van der Waals surface area (Å²) in [7, 11) is -2.35. The molecule has 7 rings (SSSR count). The highest BCUT2D eigenvalue weighted by molar-refractivity contribution is 7.91. The summed E-state index contributed by atoms with van der Waals surface area (Å²) >= 11 is 1.38. The Morgan fingerprint density at radius 1 is 1.09 bits per heavy atom. The molecule has 5 atom stereocenters. The summed E-state index contributed by atoms with van der Waals surface area (Å²) in [4.78, 5) is 62.9. The van der Waals surface area contributed by atoms with Crippen LogP contribution in [-0.2, 0) is 29.1 Å². The molecular formula is C37H45FN8O8S2. The Labute approximate surface area is 327 Å². The molecule has 0 spiro atoms. The van der Waals surface area contributed by atoms with E-state index < -0.39 is 75.3 Å². The Morgan fingerprint density at radius 3 is 2.59 bits per heavy atom. The molecule has 4 heterocycles. The summed E-state index contributed by atoms with van der Waals surface area (Å²) in [5.74, 6) is -1.82. The van der Waals surface area contributed by atoms with Crippen molar-refractivity contribution < 1.29 is 41.5 Å². The fourth-order valence-corrected chi connectivity index (χ4v) is 9.25. The second-order valence-electron chi connectivity index (χ2n) is 14.6. The van der Waals surface area contributed by atoms with Gasteiger partial charge in [0.05, 0.1) is 31.7 Å². The lowest BCUT2D eigenvalue weighted by atomic mass is 10.0. The number of thiazole rings is 1. The van der Waals surface area contributed by atoms with Crippen molar-refractivity contribution in [2.75, 3.05) is 26.9 Å². The number of allylic oxidation sites excluding steroid dienone is 1. The fraction of sp³-hybridized carbons (Fsp3) is 0.541. The van der Waals surface area contributed by atoms with E-state index in [9.17, 15) is 32.0 Å². The van der Waals surface area contributed by atoms with E-state index in [2.05, 4.69) is 20.3 Å². The predicted molar refractivity (Wildman–Crippen MR) is 202 cm³/mol. The molecule has 1 aromatic carbocycles. The maximum Gasteiger partial charge on any atom is 0.407 e. The van der Waals surface area contributed by atoms with E-state index >= 15 is 0 Å². The number of halogens is 1. The first-order chi connectivity index (χ1) is 27.0. The number of carbonyl (C=O) groups excluding carboxylic acids is 4. The molecule has 1 saturated heterocycles. The minimum atomic E-state index is -3.92. The SMILES string of the molecule is COc1ccc(-c2nn([C@@H]3C[C@H]4C(=O)N[C@]5(C(=O)NS(=O)(=O)C6CC6)C[C@H]5/C=C/CCCCC[C@@H](NC(=O)OCCCF)C(=O)N4C3)nc2-c2nccs2)cc1. The number of ether oxygens (including phenoxy) is 2. The summed E-state index contributed by atoms with van der Waals surface area (Å²) in [5, 5.41) is 17.0. The molecule has 19 heteroatoms.